The predicted octanol–water partition coefficient (Wildman–Crippen LogP) is 3.70. The molecule has 0 amide bonds. The molecule has 0 bridgehead atoms. The Hall–Kier alpha value is -3.74. The Morgan fingerprint density at radius 2 is 0.854 bits per heavy atom. The first-order valence-corrected chi connectivity index (χ1v) is 17.4. The molecule has 0 N–H and O–H groups in total. The molecule has 2 aromatic rings. The van der Waals surface area contributed by atoms with Gasteiger partial charge in [-0.15, -0.1) is 0 Å². The van der Waals surface area contributed by atoms with E-state index >= 15 is 0 Å². The molecule has 4 rings (SSSR count). The number of carbonyl (C=O) groups excluding carboxylic acids is 4. The van der Waals surface area contributed by atoms with Crippen LogP contribution < -0.4 is 0 Å². The zero-order valence-corrected chi connectivity index (χ0v) is 27.6. The number of piperidine rings is 2. The predicted molar refractivity (Wildman–Crippen MR) is 161 cm³/mol. The van der Waals surface area contributed by atoms with E-state index in [4.69, 9.17) is 0 Å². The van der Waals surface area contributed by atoms with Gasteiger partial charge >= 0.3 is 11.9 Å². The molecule has 2 heterocycles. The zero-order chi connectivity index (χ0) is 35.9. The highest BCUT2D eigenvalue weighted by Crippen LogP contribution is 2.32. The summed E-state index contributed by atoms with van der Waals surface area (Å²) in [5.74, 6) is -8.05. The summed E-state index contributed by atoms with van der Waals surface area (Å²) in [6, 6.07) is 10.1. The van der Waals surface area contributed by atoms with Crippen molar-refractivity contribution in [2.75, 3.05) is 40.4 Å². The van der Waals surface area contributed by atoms with E-state index in [1.807, 2.05) is 0 Å². The summed E-state index contributed by atoms with van der Waals surface area (Å²) in [6.45, 7) is -1.01. The minimum absolute atomic E-state index is 0.0812. The summed E-state index contributed by atoms with van der Waals surface area (Å²) >= 11 is 0. The molecule has 2 aliphatic rings. The van der Waals surface area contributed by atoms with Crippen LogP contribution in [0.3, 0.4) is 0 Å². The van der Waals surface area contributed by atoms with Crippen molar-refractivity contribution in [3.63, 3.8) is 0 Å². The minimum Gasteiger partial charge on any atom is -0.469 e. The molecular formula is C30H34F4N2O10S2. The molecule has 0 atom stereocenters. The van der Waals surface area contributed by atoms with Crippen molar-refractivity contribution in [1.29, 1.82) is 0 Å². The van der Waals surface area contributed by atoms with Crippen LogP contribution in [-0.4, -0.2) is 101 Å². The Morgan fingerprint density at radius 1 is 0.583 bits per heavy atom. The molecule has 0 radical (unpaired) electrons. The van der Waals surface area contributed by atoms with Gasteiger partial charge in [0.2, 0.25) is 20.0 Å². The number of hydrogen-bond donors (Lipinski definition) is 0. The number of carbonyl (C=O) groups is 4. The zero-order valence-electron chi connectivity index (χ0n) is 26.0. The molecule has 0 spiro atoms. The number of rotatable bonds is 10. The fraction of sp³-hybridized carbons (Fsp3) is 0.467. The van der Waals surface area contributed by atoms with Crippen LogP contribution >= 0.6 is 0 Å². The highest BCUT2D eigenvalue weighted by molar-refractivity contribution is 7.89. The molecule has 0 aliphatic carbocycles. The van der Waals surface area contributed by atoms with Gasteiger partial charge in [0.25, 0.3) is 11.8 Å². The number of sulfonamides is 2. The lowest BCUT2D eigenvalue weighted by molar-refractivity contribution is -0.140. The second kappa shape index (κ2) is 15.7. The van der Waals surface area contributed by atoms with Gasteiger partial charge in [-0.05, 0) is 24.3 Å². The molecule has 0 saturated carbocycles. The molecule has 12 nitrogen and oxygen atoms in total. The molecule has 0 aromatic heterocycles. The van der Waals surface area contributed by atoms with E-state index < -0.39 is 93.9 Å². The fourth-order valence-corrected chi connectivity index (χ4v) is 7.52. The van der Waals surface area contributed by atoms with Crippen molar-refractivity contribution in [2.24, 2.45) is 0 Å². The van der Waals surface area contributed by atoms with E-state index in [2.05, 4.69) is 9.47 Å². The van der Waals surface area contributed by atoms with Crippen molar-refractivity contribution in [3.05, 3.63) is 59.7 Å². The Labute approximate surface area is 275 Å². The van der Waals surface area contributed by atoms with Crippen LogP contribution in [0.5, 0.6) is 0 Å². The first kappa shape index (κ1) is 38.7. The summed E-state index contributed by atoms with van der Waals surface area (Å²) in [7, 11) is -5.45. The second-order valence-corrected chi connectivity index (χ2v) is 14.8. The number of nitrogens with zero attached hydrogens (tertiary/aromatic N) is 2. The third-order valence-electron chi connectivity index (χ3n) is 7.60. The number of alkyl halides is 4. The van der Waals surface area contributed by atoms with Crippen LogP contribution in [0.15, 0.2) is 58.3 Å². The molecular weight excluding hydrogens is 688 g/mol. The van der Waals surface area contributed by atoms with Crippen LogP contribution in [0, 0.1) is 0 Å². The number of ether oxygens (including phenoxy) is 2. The van der Waals surface area contributed by atoms with Crippen LogP contribution in [0.2, 0.25) is 0 Å². The number of ketones is 2. The van der Waals surface area contributed by atoms with E-state index in [1.54, 1.807) is 0 Å². The lowest BCUT2D eigenvalue weighted by atomic mass is 10.1. The van der Waals surface area contributed by atoms with Crippen molar-refractivity contribution >= 4 is 43.6 Å². The summed E-state index contributed by atoms with van der Waals surface area (Å²) < 4.78 is 113. The maximum Gasteiger partial charge on any atom is 0.313 e. The Kier molecular flexibility index (Phi) is 12.6. The summed E-state index contributed by atoms with van der Waals surface area (Å²) in [5, 5.41) is 0. The van der Waals surface area contributed by atoms with Crippen molar-refractivity contribution < 1.29 is 63.0 Å². The van der Waals surface area contributed by atoms with Crippen molar-refractivity contribution in [1.82, 2.24) is 8.61 Å². The third kappa shape index (κ3) is 10.1. The van der Waals surface area contributed by atoms with Gasteiger partial charge in [0, 0.05) is 63.0 Å². The number of esters is 2. The maximum absolute atomic E-state index is 13.1. The van der Waals surface area contributed by atoms with Gasteiger partial charge < -0.3 is 9.47 Å². The molecule has 2 saturated heterocycles. The Bertz CT molecular complexity index is 1570. The largest absolute Gasteiger partial charge is 0.469 e. The quantitative estimate of drug-likeness (QED) is 0.153. The molecule has 0 unspecified atom stereocenters. The van der Waals surface area contributed by atoms with Gasteiger partial charge in [0.1, 0.15) is 12.8 Å². The van der Waals surface area contributed by atoms with Gasteiger partial charge in [-0.3, -0.25) is 19.2 Å². The van der Waals surface area contributed by atoms with Gasteiger partial charge in [0.05, 0.1) is 24.0 Å². The average Bonchev–Trinajstić information content (AvgIpc) is 3.04. The SMILES string of the molecule is COC(=O)CC(=O)c1ccc(S(=O)(=O)N2CCC(F)(F)CC2)cc1.COC(=O)CC(=O)c1ccc(S(=O)(=O)N2CCC(F)(F)CC2)cc1. The number of Topliss-reactive ketones (excluding diaryl/α,β-unsaturated/α-hetero) is 2. The van der Waals surface area contributed by atoms with Crippen LogP contribution in [0.1, 0.15) is 59.2 Å². The van der Waals surface area contributed by atoms with Crippen LogP contribution in [0.25, 0.3) is 0 Å². The molecule has 264 valence electrons. The smallest absolute Gasteiger partial charge is 0.313 e. The lowest BCUT2D eigenvalue weighted by Gasteiger charge is -2.30. The van der Waals surface area contributed by atoms with Gasteiger partial charge in [-0.2, -0.15) is 8.61 Å². The maximum atomic E-state index is 13.1. The van der Waals surface area contributed by atoms with E-state index in [-0.39, 0.29) is 47.1 Å². The van der Waals surface area contributed by atoms with E-state index in [9.17, 15) is 53.6 Å². The lowest BCUT2D eigenvalue weighted by Crippen LogP contribution is -2.42. The second-order valence-electron chi connectivity index (χ2n) is 10.9. The fourth-order valence-electron chi connectivity index (χ4n) is 4.64. The van der Waals surface area contributed by atoms with E-state index in [0.717, 1.165) is 22.8 Å². The Balaban J connectivity index is 0.000000260. The monoisotopic (exact) mass is 722 g/mol. The highest BCUT2D eigenvalue weighted by Gasteiger charge is 2.39. The molecule has 48 heavy (non-hydrogen) atoms. The van der Waals surface area contributed by atoms with Crippen LogP contribution in [0.4, 0.5) is 17.6 Å². The molecule has 2 fully saturated rings. The van der Waals surface area contributed by atoms with Crippen LogP contribution in [-0.2, 0) is 39.1 Å². The van der Waals surface area contributed by atoms with Gasteiger partial charge in [-0.1, -0.05) is 24.3 Å². The average molecular weight is 723 g/mol. The molecule has 2 aromatic carbocycles. The molecule has 2 aliphatic heterocycles. The molecule has 18 heteroatoms. The van der Waals surface area contributed by atoms with E-state index in [0.29, 0.717) is 0 Å². The van der Waals surface area contributed by atoms with Crippen molar-refractivity contribution in [3.8, 4) is 0 Å². The third-order valence-corrected chi connectivity index (χ3v) is 11.4. The summed E-state index contributed by atoms with van der Waals surface area (Å²) in [5.41, 5.74) is 0.342. The number of hydrogen-bond acceptors (Lipinski definition) is 10. The summed E-state index contributed by atoms with van der Waals surface area (Å²) in [4.78, 5) is 45.6. The number of benzene rings is 2. The highest BCUT2D eigenvalue weighted by atomic mass is 32.2. The number of halogens is 4. The van der Waals surface area contributed by atoms with Gasteiger partial charge in [-0.25, -0.2) is 34.4 Å². The minimum atomic E-state index is -3.89. The normalized spacial score (nSPS) is 18.1. The number of methoxy groups -OCH3 is 2. The topological polar surface area (TPSA) is 162 Å². The first-order valence-electron chi connectivity index (χ1n) is 14.5. The van der Waals surface area contributed by atoms with Gasteiger partial charge in [0.15, 0.2) is 11.6 Å². The van der Waals surface area contributed by atoms with Crippen molar-refractivity contribution in [2.45, 2.75) is 60.2 Å². The summed E-state index contributed by atoms with van der Waals surface area (Å²) in [6.07, 6.45) is -2.93. The first-order chi connectivity index (χ1) is 22.3. The van der Waals surface area contributed by atoms with E-state index in [1.165, 1.54) is 48.5 Å². The Morgan fingerprint density at radius 3 is 1.10 bits per heavy atom. The standard InChI is InChI=1S/2C15H17F2NO5S/c2*1-23-14(20)10-13(19)11-2-4-12(5-3-11)24(21,22)18-8-6-15(16,17)7-9-18/h2*2-5H,6-10H2,1H3.